The number of halogens is 1. The van der Waals surface area contributed by atoms with Crippen molar-refractivity contribution in [3.63, 3.8) is 0 Å². The Morgan fingerprint density at radius 1 is 1.28 bits per heavy atom. The van der Waals surface area contributed by atoms with Crippen molar-refractivity contribution in [3.05, 3.63) is 47.7 Å². The van der Waals surface area contributed by atoms with Gasteiger partial charge in [0, 0.05) is 31.1 Å². The van der Waals surface area contributed by atoms with Crippen molar-refractivity contribution in [2.75, 3.05) is 25.0 Å². The first-order chi connectivity index (χ1) is 11.4. The van der Waals surface area contributed by atoms with Crippen molar-refractivity contribution in [3.8, 4) is 0 Å². The third kappa shape index (κ3) is 6.86. The first kappa shape index (κ1) is 21.2. The lowest BCUT2D eigenvalue weighted by Gasteiger charge is -2.20. The number of amides is 1. The van der Waals surface area contributed by atoms with Crippen molar-refractivity contribution in [2.45, 2.75) is 32.7 Å². The molecule has 2 aromatic rings. The Morgan fingerprint density at radius 3 is 2.52 bits per heavy atom. The summed E-state index contributed by atoms with van der Waals surface area (Å²) in [6.45, 7) is 8.19. The number of carbonyl (C=O) groups is 1. The smallest absolute Gasteiger partial charge is 0.240 e. The molecule has 0 saturated carbocycles. The minimum atomic E-state index is -0.143. The monoisotopic (exact) mass is 366 g/mol. The Kier molecular flexibility index (Phi) is 8.09. The summed E-state index contributed by atoms with van der Waals surface area (Å²) in [6, 6.07) is 11.8. The molecule has 138 valence electrons. The molecule has 1 aromatic heterocycles. The lowest BCUT2D eigenvalue weighted by atomic mass is 9.92. The third-order valence-corrected chi connectivity index (χ3v) is 3.60. The largest absolute Gasteiger partial charge is 0.338 e. The highest BCUT2D eigenvalue weighted by atomic mass is 35.5. The van der Waals surface area contributed by atoms with E-state index in [-0.39, 0.29) is 30.3 Å². The highest BCUT2D eigenvalue weighted by molar-refractivity contribution is 5.91. The number of nitrogens with zero attached hydrogens (tertiary/aromatic N) is 2. The summed E-state index contributed by atoms with van der Waals surface area (Å²) in [5, 5.41) is 6.76. The van der Waals surface area contributed by atoms with Crippen molar-refractivity contribution < 1.29 is 9.32 Å². The number of anilines is 1. The van der Waals surface area contributed by atoms with Gasteiger partial charge in [0.25, 0.3) is 0 Å². The van der Waals surface area contributed by atoms with Crippen LogP contribution in [0.3, 0.4) is 0 Å². The van der Waals surface area contributed by atoms with Crippen LogP contribution in [0, 0.1) is 0 Å². The molecular formula is C18H27ClN4O2. The van der Waals surface area contributed by atoms with E-state index in [4.69, 9.17) is 10.3 Å². The van der Waals surface area contributed by atoms with Gasteiger partial charge in [-0.1, -0.05) is 56.3 Å². The van der Waals surface area contributed by atoms with Crippen LogP contribution in [0.25, 0.3) is 0 Å². The van der Waals surface area contributed by atoms with Crippen LogP contribution in [0.5, 0.6) is 0 Å². The molecule has 1 amide bonds. The first-order valence-electron chi connectivity index (χ1n) is 8.12. The average molecular weight is 367 g/mol. The number of rotatable bonds is 7. The molecule has 0 spiro atoms. The molecule has 6 nitrogen and oxygen atoms in total. The predicted molar refractivity (Wildman–Crippen MR) is 102 cm³/mol. The van der Waals surface area contributed by atoms with Crippen molar-refractivity contribution in [1.29, 1.82) is 0 Å². The van der Waals surface area contributed by atoms with Gasteiger partial charge in [0.05, 0.1) is 12.2 Å². The van der Waals surface area contributed by atoms with E-state index in [2.05, 4.69) is 10.5 Å². The van der Waals surface area contributed by atoms with E-state index in [0.717, 1.165) is 11.3 Å². The quantitative estimate of drug-likeness (QED) is 0.787. The Hall–Kier alpha value is -1.89. The zero-order valence-corrected chi connectivity index (χ0v) is 15.8. The highest BCUT2D eigenvalue weighted by Crippen LogP contribution is 2.23. The molecule has 0 aliphatic heterocycles. The summed E-state index contributed by atoms with van der Waals surface area (Å²) < 4.78 is 5.20. The van der Waals surface area contributed by atoms with Crippen LogP contribution < -0.4 is 11.1 Å². The summed E-state index contributed by atoms with van der Waals surface area (Å²) in [4.78, 5) is 14.3. The van der Waals surface area contributed by atoms with Crippen molar-refractivity contribution in [2.24, 2.45) is 5.73 Å². The van der Waals surface area contributed by atoms with E-state index in [9.17, 15) is 4.79 Å². The predicted octanol–water partition coefficient (Wildman–Crippen LogP) is 2.79. The Balaban J connectivity index is 0.00000312. The number of hydrogen-bond donors (Lipinski definition) is 2. The summed E-state index contributed by atoms with van der Waals surface area (Å²) in [7, 11) is 0. The minimum Gasteiger partial charge on any atom is -0.338 e. The summed E-state index contributed by atoms with van der Waals surface area (Å²) in [5.74, 6) is 0.230. The SMILES string of the molecule is CC(C)(C)c1cc(NC(=O)CN(CCN)Cc2ccccc2)on1.Cl. The minimum absolute atomic E-state index is 0. The third-order valence-electron chi connectivity index (χ3n) is 3.60. The number of nitrogens with two attached hydrogens (primary N) is 1. The van der Waals surface area contributed by atoms with E-state index in [1.807, 2.05) is 56.0 Å². The van der Waals surface area contributed by atoms with E-state index in [1.54, 1.807) is 6.07 Å². The highest BCUT2D eigenvalue weighted by Gasteiger charge is 2.20. The van der Waals surface area contributed by atoms with Gasteiger partial charge in [-0.05, 0) is 5.56 Å². The van der Waals surface area contributed by atoms with Gasteiger partial charge < -0.3 is 10.3 Å². The van der Waals surface area contributed by atoms with Crippen LogP contribution in [0.4, 0.5) is 5.88 Å². The molecule has 1 heterocycles. The van der Waals surface area contributed by atoms with Gasteiger partial charge in [-0.2, -0.15) is 0 Å². The maximum atomic E-state index is 12.3. The molecule has 1 aromatic carbocycles. The van der Waals surface area contributed by atoms with Gasteiger partial charge in [-0.3, -0.25) is 15.0 Å². The molecule has 0 bridgehead atoms. The fraction of sp³-hybridized carbons (Fsp3) is 0.444. The first-order valence-corrected chi connectivity index (χ1v) is 8.12. The average Bonchev–Trinajstić information content (AvgIpc) is 2.97. The molecule has 7 heteroatoms. The number of nitrogens with one attached hydrogen (secondary N) is 1. The Morgan fingerprint density at radius 2 is 1.96 bits per heavy atom. The van der Waals surface area contributed by atoms with Crippen LogP contribution in [0.15, 0.2) is 40.9 Å². The molecule has 0 unspecified atom stereocenters. The molecule has 3 N–H and O–H groups in total. The zero-order chi connectivity index (χ0) is 17.6. The molecule has 2 rings (SSSR count). The van der Waals surface area contributed by atoms with Gasteiger partial charge in [0.15, 0.2) is 0 Å². The van der Waals surface area contributed by atoms with Crippen molar-refractivity contribution in [1.82, 2.24) is 10.1 Å². The normalized spacial score (nSPS) is 11.2. The maximum Gasteiger partial charge on any atom is 0.240 e. The lowest BCUT2D eigenvalue weighted by molar-refractivity contribution is -0.117. The van der Waals surface area contributed by atoms with Gasteiger partial charge in [-0.25, -0.2) is 0 Å². The van der Waals surface area contributed by atoms with Crippen molar-refractivity contribution >= 4 is 24.2 Å². The van der Waals surface area contributed by atoms with Crippen LogP contribution in [0.2, 0.25) is 0 Å². The number of benzene rings is 1. The Labute approximate surface area is 155 Å². The molecule has 0 saturated heterocycles. The summed E-state index contributed by atoms with van der Waals surface area (Å²) in [6.07, 6.45) is 0. The van der Waals surface area contributed by atoms with Gasteiger partial charge in [-0.15, -0.1) is 12.4 Å². The standard InChI is InChI=1S/C18H26N4O2.ClH/c1-18(2,3)15-11-17(24-21-15)20-16(23)13-22(10-9-19)12-14-7-5-4-6-8-14;/h4-8,11H,9-10,12-13,19H2,1-3H3,(H,20,23);1H. The molecular weight excluding hydrogens is 340 g/mol. The van der Waals surface area contributed by atoms with Gasteiger partial charge >= 0.3 is 0 Å². The summed E-state index contributed by atoms with van der Waals surface area (Å²) >= 11 is 0. The second-order valence-corrected chi connectivity index (χ2v) is 6.86. The van der Waals surface area contributed by atoms with E-state index < -0.39 is 0 Å². The van der Waals surface area contributed by atoms with Crippen LogP contribution >= 0.6 is 12.4 Å². The molecule has 0 radical (unpaired) electrons. The van der Waals surface area contributed by atoms with E-state index >= 15 is 0 Å². The van der Waals surface area contributed by atoms with Crippen LogP contribution in [-0.4, -0.2) is 35.6 Å². The zero-order valence-electron chi connectivity index (χ0n) is 15.0. The van der Waals surface area contributed by atoms with Crippen LogP contribution in [0.1, 0.15) is 32.0 Å². The van der Waals surface area contributed by atoms with Gasteiger partial charge in [0.1, 0.15) is 0 Å². The maximum absolute atomic E-state index is 12.3. The molecule has 25 heavy (non-hydrogen) atoms. The van der Waals surface area contributed by atoms with Crippen LogP contribution in [-0.2, 0) is 16.8 Å². The topological polar surface area (TPSA) is 84.4 Å². The van der Waals surface area contributed by atoms with Gasteiger partial charge in [0.2, 0.25) is 11.8 Å². The van der Waals surface area contributed by atoms with E-state index in [1.165, 1.54) is 0 Å². The lowest BCUT2D eigenvalue weighted by Crippen LogP contribution is -2.36. The second-order valence-electron chi connectivity index (χ2n) is 6.86. The Bertz CT molecular complexity index is 653. The summed E-state index contributed by atoms with van der Waals surface area (Å²) in [5.41, 5.74) is 7.49. The molecule has 0 atom stereocenters. The fourth-order valence-electron chi connectivity index (χ4n) is 2.31. The molecule has 0 aliphatic carbocycles. The molecule has 0 fully saturated rings. The fourth-order valence-corrected chi connectivity index (χ4v) is 2.31. The number of aromatic nitrogens is 1. The second kappa shape index (κ2) is 9.56. The number of hydrogen-bond acceptors (Lipinski definition) is 5. The molecule has 0 aliphatic rings. The number of carbonyl (C=O) groups excluding carboxylic acids is 1. The van der Waals surface area contributed by atoms with E-state index in [0.29, 0.717) is 25.5 Å².